The number of amides is 1. The highest BCUT2D eigenvalue weighted by atomic mass is 16.5. The number of aryl methyl sites for hydroxylation is 3. The van der Waals surface area contributed by atoms with Gasteiger partial charge in [-0.2, -0.15) is 0 Å². The van der Waals surface area contributed by atoms with Crippen molar-refractivity contribution in [3.63, 3.8) is 0 Å². The molecule has 0 unspecified atom stereocenters. The molecule has 0 aliphatic heterocycles. The van der Waals surface area contributed by atoms with E-state index in [1.807, 2.05) is 38.1 Å². The van der Waals surface area contributed by atoms with Gasteiger partial charge in [0.05, 0.1) is 12.2 Å². The summed E-state index contributed by atoms with van der Waals surface area (Å²) in [6.45, 7) is 6.54. The normalized spacial score (nSPS) is 10.4. The van der Waals surface area contributed by atoms with Gasteiger partial charge in [-0.25, -0.2) is 0 Å². The van der Waals surface area contributed by atoms with Crippen LogP contribution in [0.25, 0.3) is 0 Å². The number of hydrogen-bond donors (Lipinski definition) is 1. The van der Waals surface area contributed by atoms with Crippen molar-refractivity contribution in [3.05, 3.63) is 46.8 Å². The minimum Gasteiger partial charge on any atom is -0.492 e. The van der Waals surface area contributed by atoms with Crippen LogP contribution in [0.1, 0.15) is 34.3 Å². The number of rotatable bonds is 6. The van der Waals surface area contributed by atoms with Gasteiger partial charge in [-0.15, -0.1) is 0 Å². The van der Waals surface area contributed by atoms with Crippen LogP contribution in [0.15, 0.2) is 28.8 Å². The summed E-state index contributed by atoms with van der Waals surface area (Å²) in [6, 6.07) is 7.81. The Morgan fingerprint density at radius 2 is 2.19 bits per heavy atom. The lowest BCUT2D eigenvalue weighted by atomic mass is 10.1. The van der Waals surface area contributed by atoms with E-state index in [-0.39, 0.29) is 5.91 Å². The van der Waals surface area contributed by atoms with E-state index in [0.29, 0.717) is 36.6 Å². The van der Waals surface area contributed by atoms with Crippen molar-refractivity contribution in [2.24, 2.45) is 0 Å². The monoisotopic (exact) mass is 288 g/mol. The first-order valence-electron chi connectivity index (χ1n) is 7.04. The Bertz CT molecular complexity index is 620. The van der Waals surface area contributed by atoms with Crippen LogP contribution in [0, 0.1) is 13.8 Å². The van der Waals surface area contributed by atoms with Gasteiger partial charge in [-0.3, -0.25) is 4.79 Å². The van der Waals surface area contributed by atoms with Crippen molar-refractivity contribution in [2.45, 2.75) is 27.2 Å². The molecular weight excluding hydrogens is 268 g/mol. The largest absolute Gasteiger partial charge is 0.492 e. The first kappa shape index (κ1) is 15.1. The first-order valence-corrected chi connectivity index (χ1v) is 7.04. The maximum Gasteiger partial charge on any atom is 0.256 e. The average molecular weight is 288 g/mol. The van der Waals surface area contributed by atoms with E-state index in [2.05, 4.69) is 10.5 Å². The maximum absolute atomic E-state index is 12.1. The third-order valence-corrected chi connectivity index (χ3v) is 3.14. The zero-order chi connectivity index (χ0) is 15.2. The second kappa shape index (κ2) is 6.92. The molecule has 1 amide bonds. The van der Waals surface area contributed by atoms with Gasteiger partial charge >= 0.3 is 0 Å². The molecule has 0 aliphatic rings. The molecule has 1 heterocycles. The predicted molar refractivity (Wildman–Crippen MR) is 79.6 cm³/mol. The number of hydrogen-bond acceptors (Lipinski definition) is 4. The Labute approximate surface area is 124 Å². The van der Waals surface area contributed by atoms with Crippen LogP contribution in [0.2, 0.25) is 0 Å². The van der Waals surface area contributed by atoms with E-state index in [4.69, 9.17) is 9.26 Å². The molecule has 112 valence electrons. The number of nitrogens with zero attached hydrogens (tertiary/aromatic N) is 1. The number of benzene rings is 1. The summed E-state index contributed by atoms with van der Waals surface area (Å²) in [5.41, 5.74) is 2.36. The van der Waals surface area contributed by atoms with Gasteiger partial charge in [0.25, 0.3) is 5.91 Å². The molecule has 21 heavy (non-hydrogen) atoms. The molecule has 0 bridgehead atoms. The fraction of sp³-hybridized carbons (Fsp3) is 0.375. The summed E-state index contributed by atoms with van der Waals surface area (Å²) in [5.74, 6) is 1.18. The van der Waals surface area contributed by atoms with Crippen molar-refractivity contribution in [3.8, 4) is 5.75 Å². The summed E-state index contributed by atoms with van der Waals surface area (Å²) in [6.07, 6.45) is 0.667. The molecule has 1 N–H and O–H groups in total. The van der Waals surface area contributed by atoms with Crippen LogP contribution in [0.4, 0.5) is 0 Å². The van der Waals surface area contributed by atoms with E-state index in [9.17, 15) is 4.79 Å². The molecule has 2 rings (SSSR count). The van der Waals surface area contributed by atoms with Gasteiger partial charge in [-0.05, 0) is 38.0 Å². The smallest absolute Gasteiger partial charge is 0.256 e. The topological polar surface area (TPSA) is 64.4 Å². The predicted octanol–water partition coefficient (Wildman–Crippen LogP) is 2.66. The molecule has 5 heteroatoms. The van der Waals surface area contributed by atoms with Crippen LogP contribution < -0.4 is 10.1 Å². The van der Waals surface area contributed by atoms with E-state index in [1.165, 1.54) is 0 Å². The minimum absolute atomic E-state index is 0.168. The summed E-state index contributed by atoms with van der Waals surface area (Å²) in [4.78, 5) is 12.1. The van der Waals surface area contributed by atoms with Crippen LogP contribution in [-0.2, 0) is 6.42 Å². The lowest BCUT2D eigenvalue weighted by Crippen LogP contribution is -2.29. The fourth-order valence-corrected chi connectivity index (χ4v) is 2.08. The molecule has 2 aromatic rings. The molecule has 0 saturated carbocycles. The van der Waals surface area contributed by atoms with Crippen molar-refractivity contribution >= 4 is 5.91 Å². The number of nitrogens with one attached hydrogen (secondary N) is 1. The van der Waals surface area contributed by atoms with Crippen molar-refractivity contribution in [1.82, 2.24) is 10.5 Å². The van der Waals surface area contributed by atoms with E-state index < -0.39 is 0 Å². The molecule has 0 saturated heterocycles. The standard InChI is InChI=1S/C16H20N2O3/c1-4-14-15(12(3)21-18-14)16(19)17-8-9-20-13-7-5-6-11(2)10-13/h5-7,10H,4,8-9H2,1-3H3,(H,17,19). The first-order chi connectivity index (χ1) is 10.1. The second-order valence-electron chi connectivity index (χ2n) is 4.83. The average Bonchev–Trinajstić information content (AvgIpc) is 2.84. The highest BCUT2D eigenvalue weighted by Gasteiger charge is 2.18. The Morgan fingerprint density at radius 3 is 2.90 bits per heavy atom. The van der Waals surface area contributed by atoms with Gasteiger partial charge in [0, 0.05) is 0 Å². The molecule has 0 aliphatic carbocycles. The zero-order valence-electron chi connectivity index (χ0n) is 12.6. The van der Waals surface area contributed by atoms with Gasteiger partial charge in [0.2, 0.25) is 0 Å². The summed E-state index contributed by atoms with van der Waals surface area (Å²) >= 11 is 0. The highest BCUT2D eigenvalue weighted by molar-refractivity contribution is 5.96. The Balaban J connectivity index is 1.83. The van der Waals surface area contributed by atoms with Gasteiger partial charge in [0.1, 0.15) is 23.7 Å². The highest BCUT2D eigenvalue weighted by Crippen LogP contribution is 2.14. The number of ether oxygens (including phenoxy) is 1. The molecule has 0 spiro atoms. The maximum atomic E-state index is 12.1. The van der Waals surface area contributed by atoms with Crippen LogP contribution in [0.5, 0.6) is 5.75 Å². The SMILES string of the molecule is CCc1noc(C)c1C(=O)NCCOc1cccc(C)c1. The van der Waals surface area contributed by atoms with Crippen LogP contribution in [0.3, 0.4) is 0 Å². The lowest BCUT2D eigenvalue weighted by Gasteiger charge is -2.08. The molecular formula is C16H20N2O3. The van der Waals surface area contributed by atoms with Crippen molar-refractivity contribution in [2.75, 3.05) is 13.2 Å². The molecule has 1 aromatic heterocycles. The second-order valence-corrected chi connectivity index (χ2v) is 4.83. The Morgan fingerprint density at radius 1 is 1.38 bits per heavy atom. The number of carbonyl (C=O) groups is 1. The Hall–Kier alpha value is -2.30. The molecule has 1 aromatic carbocycles. The van der Waals surface area contributed by atoms with E-state index in [0.717, 1.165) is 11.3 Å². The van der Waals surface area contributed by atoms with Crippen LogP contribution in [-0.4, -0.2) is 24.2 Å². The Kier molecular flexibility index (Phi) is 4.98. The zero-order valence-corrected chi connectivity index (χ0v) is 12.6. The molecule has 0 atom stereocenters. The minimum atomic E-state index is -0.168. The molecule has 5 nitrogen and oxygen atoms in total. The fourth-order valence-electron chi connectivity index (χ4n) is 2.08. The number of carbonyl (C=O) groups excluding carboxylic acids is 1. The lowest BCUT2D eigenvalue weighted by molar-refractivity contribution is 0.0944. The van der Waals surface area contributed by atoms with E-state index in [1.54, 1.807) is 6.92 Å². The summed E-state index contributed by atoms with van der Waals surface area (Å²) in [5, 5.41) is 6.70. The summed E-state index contributed by atoms with van der Waals surface area (Å²) < 4.78 is 10.6. The van der Waals surface area contributed by atoms with Crippen LogP contribution >= 0.6 is 0 Å². The number of aromatic nitrogens is 1. The van der Waals surface area contributed by atoms with Gasteiger partial charge in [-0.1, -0.05) is 24.2 Å². The van der Waals surface area contributed by atoms with E-state index >= 15 is 0 Å². The quantitative estimate of drug-likeness (QED) is 0.830. The third kappa shape index (κ3) is 3.84. The van der Waals surface area contributed by atoms with Gasteiger partial charge in [0.15, 0.2) is 0 Å². The molecule has 0 fully saturated rings. The molecule has 0 radical (unpaired) electrons. The summed E-state index contributed by atoms with van der Waals surface area (Å²) in [7, 11) is 0. The van der Waals surface area contributed by atoms with Crippen molar-refractivity contribution < 1.29 is 14.1 Å². The van der Waals surface area contributed by atoms with Gasteiger partial charge < -0.3 is 14.6 Å². The third-order valence-electron chi connectivity index (χ3n) is 3.14. The van der Waals surface area contributed by atoms with Crippen molar-refractivity contribution in [1.29, 1.82) is 0 Å².